The molecular formula is C17H20F3N3O. The van der Waals surface area contributed by atoms with Crippen LogP contribution in [0.4, 0.5) is 13.2 Å². The molecule has 2 rings (SSSR count). The molecule has 0 radical (unpaired) electrons. The van der Waals surface area contributed by atoms with Crippen molar-refractivity contribution in [2.45, 2.75) is 19.5 Å². The monoisotopic (exact) mass is 339 g/mol. The fraction of sp³-hybridized carbons (Fsp3) is 0.529. The lowest BCUT2D eigenvalue weighted by Gasteiger charge is -2.25. The molecule has 0 aromatic heterocycles. The van der Waals surface area contributed by atoms with Crippen molar-refractivity contribution in [3.8, 4) is 6.07 Å². The van der Waals surface area contributed by atoms with Crippen LogP contribution in [0, 0.1) is 17.2 Å². The Hall–Kier alpha value is -2.07. The summed E-state index contributed by atoms with van der Waals surface area (Å²) < 4.78 is 37.6. The van der Waals surface area contributed by atoms with Gasteiger partial charge in [0.2, 0.25) is 0 Å². The summed E-state index contributed by atoms with van der Waals surface area (Å²) in [6, 6.07) is 8.38. The molecule has 1 fully saturated rings. The zero-order valence-corrected chi connectivity index (χ0v) is 13.5. The summed E-state index contributed by atoms with van der Waals surface area (Å²) in [5.41, 5.74) is 0.980. The first-order valence-corrected chi connectivity index (χ1v) is 7.91. The Kier molecular flexibility index (Phi) is 5.84. The van der Waals surface area contributed by atoms with E-state index >= 15 is 0 Å². The molecule has 0 spiro atoms. The fourth-order valence-corrected chi connectivity index (χ4v) is 2.96. The van der Waals surface area contributed by atoms with Crippen LogP contribution >= 0.6 is 0 Å². The molecule has 4 nitrogen and oxygen atoms in total. The Morgan fingerprint density at radius 2 is 2.04 bits per heavy atom. The maximum Gasteiger partial charge on any atom is 0.401 e. The molecule has 7 heteroatoms. The summed E-state index contributed by atoms with van der Waals surface area (Å²) >= 11 is 0. The Morgan fingerprint density at radius 1 is 1.38 bits per heavy atom. The first-order valence-electron chi connectivity index (χ1n) is 7.91. The van der Waals surface area contributed by atoms with E-state index in [2.05, 4.69) is 0 Å². The standard InChI is InChI=1S/C17H20F3N3O/c1-2-22(12-17(18,19)20)10-14-7-8-23(11-14)16(24)15-5-3-13(9-21)4-6-15/h3-6,14H,2,7-8,10-12H2,1H3/t14-/m0/s1. The maximum atomic E-state index is 12.5. The van der Waals surface area contributed by atoms with E-state index in [1.54, 1.807) is 36.1 Å². The number of likely N-dealkylation sites (tertiary alicyclic amines) is 1. The van der Waals surface area contributed by atoms with E-state index in [-0.39, 0.29) is 11.8 Å². The average molecular weight is 339 g/mol. The van der Waals surface area contributed by atoms with E-state index in [0.29, 0.717) is 43.7 Å². The molecule has 1 atom stereocenters. The number of hydrogen-bond donors (Lipinski definition) is 0. The van der Waals surface area contributed by atoms with Crippen LogP contribution in [-0.2, 0) is 0 Å². The normalized spacial score (nSPS) is 18.0. The highest BCUT2D eigenvalue weighted by Gasteiger charge is 2.33. The minimum absolute atomic E-state index is 0.0506. The topological polar surface area (TPSA) is 47.3 Å². The Balaban J connectivity index is 1.92. The second-order valence-corrected chi connectivity index (χ2v) is 6.04. The summed E-state index contributed by atoms with van der Waals surface area (Å²) in [5.74, 6) is -0.0875. The molecule has 1 saturated heterocycles. The molecule has 0 bridgehead atoms. The third kappa shape index (κ3) is 4.96. The summed E-state index contributed by atoms with van der Waals surface area (Å²) in [6.07, 6.45) is -3.50. The molecule has 24 heavy (non-hydrogen) atoms. The fourth-order valence-electron chi connectivity index (χ4n) is 2.96. The van der Waals surface area contributed by atoms with Gasteiger partial charge in [0.05, 0.1) is 18.2 Å². The predicted molar refractivity (Wildman–Crippen MR) is 83.3 cm³/mol. The number of benzene rings is 1. The van der Waals surface area contributed by atoms with E-state index in [1.165, 1.54) is 4.90 Å². The van der Waals surface area contributed by atoms with Crippen LogP contribution < -0.4 is 0 Å². The lowest BCUT2D eigenvalue weighted by molar-refractivity contribution is -0.146. The van der Waals surface area contributed by atoms with Crippen LogP contribution in [-0.4, -0.2) is 54.6 Å². The Bertz CT molecular complexity index is 607. The van der Waals surface area contributed by atoms with Crippen LogP contribution in [0.3, 0.4) is 0 Å². The van der Waals surface area contributed by atoms with Crippen molar-refractivity contribution in [1.29, 1.82) is 5.26 Å². The van der Waals surface area contributed by atoms with Gasteiger partial charge in [-0.25, -0.2) is 0 Å². The number of carbonyl (C=O) groups excluding carboxylic acids is 1. The van der Waals surface area contributed by atoms with Crippen LogP contribution in [0.25, 0.3) is 0 Å². The molecule has 1 aromatic carbocycles. The third-order valence-corrected chi connectivity index (χ3v) is 4.20. The number of nitrogens with zero attached hydrogens (tertiary/aromatic N) is 3. The molecule has 0 aliphatic carbocycles. The first kappa shape index (κ1) is 18.3. The van der Waals surface area contributed by atoms with Gasteiger partial charge in [-0.1, -0.05) is 6.92 Å². The minimum Gasteiger partial charge on any atom is -0.338 e. The largest absolute Gasteiger partial charge is 0.401 e. The highest BCUT2D eigenvalue weighted by molar-refractivity contribution is 5.94. The van der Waals surface area contributed by atoms with Gasteiger partial charge in [0.25, 0.3) is 5.91 Å². The molecule has 1 amide bonds. The number of rotatable bonds is 5. The Labute approximate surface area is 139 Å². The number of nitriles is 1. The number of hydrogen-bond acceptors (Lipinski definition) is 3. The molecule has 130 valence electrons. The summed E-state index contributed by atoms with van der Waals surface area (Å²) in [7, 11) is 0. The number of halogens is 3. The third-order valence-electron chi connectivity index (χ3n) is 4.20. The van der Waals surface area contributed by atoms with Crippen LogP contribution in [0.15, 0.2) is 24.3 Å². The molecule has 1 aliphatic heterocycles. The highest BCUT2D eigenvalue weighted by atomic mass is 19.4. The van der Waals surface area contributed by atoms with E-state index in [9.17, 15) is 18.0 Å². The molecule has 0 unspecified atom stereocenters. The van der Waals surface area contributed by atoms with Gasteiger partial charge in [-0.2, -0.15) is 18.4 Å². The van der Waals surface area contributed by atoms with Crippen LogP contribution in [0.2, 0.25) is 0 Å². The van der Waals surface area contributed by atoms with Gasteiger partial charge < -0.3 is 4.90 Å². The van der Waals surface area contributed by atoms with Gasteiger partial charge in [-0.05, 0) is 43.1 Å². The van der Waals surface area contributed by atoms with E-state index in [0.717, 1.165) is 0 Å². The minimum atomic E-state index is -4.20. The molecular weight excluding hydrogens is 319 g/mol. The molecule has 0 saturated carbocycles. The lowest BCUT2D eigenvalue weighted by atomic mass is 10.1. The van der Waals surface area contributed by atoms with Crippen molar-refractivity contribution in [1.82, 2.24) is 9.80 Å². The number of carbonyl (C=O) groups is 1. The summed E-state index contributed by atoms with van der Waals surface area (Å²) in [4.78, 5) is 15.5. The van der Waals surface area contributed by atoms with E-state index in [1.807, 2.05) is 6.07 Å². The van der Waals surface area contributed by atoms with Crippen molar-refractivity contribution >= 4 is 5.91 Å². The van der Waals surface area contributed by atoms with Gasteiger partial charge in [-0.3, -0.25) is 9.69 Å². The van der Waals surface area contributed by atoms with Crippen molar-refractivity contribution in [2.24, 2.45) is 5.92 Å². The van der Waals surface area contributed by atoms with Gasteiger partial charge in [0, 0.05) is 25.2 Å². The van der Waals surface area contributed by atoms with Crippen LogP contribution in [0.1, 0.15) is 29.3 Å². The van der Waals surface area contributed by atoms with Crippen molar-refractivity contribution in [3.05, 3.63) is 35.4 Å². The highest BCUT2D eigenvalue weighted by Crippen LogP contribution is 2.22. The second kappa shape index (κ2) is 7.67. The molecule has 1 aliphatic rings. The zero-order chi connectivity index (χ0) is 17.7. The van der Waals surface area contributed by atoms with E-state index < -0.39 is 12.7 Å². The van der Waals surface area contributed by atoms with Gasteiger partial charge in [0.15, 0.2) is 0 Å². The summed E-state index contributed by atoms with van der Waals surface area (Å²) in [5, 5.41) is 8.77. The molecule has 1 heterocycles. The molecule has 0 N–H and O–H groups in total. The van der Waals surface area contributed by atoms with E-state index in [4.69, 9.17) is 5.26 Å². The van der Waals surface area contributed by atoms with Crippen molar-refractivity contribution < 1.29 is 18.0 Å². The Morgan fingerprint density at radius 3 is 2.58 bits per heavy atom. The smallest absolute Gasteiger partial charge is 0.338 e. The number of alkyl halides is 3. The maximum absolute atomic E-state index is 12.5. The SMILES string of the molecule is CCN(C[C@@H]1CCN(C(=O)c2ccc(C#N)cc2)C1)CC(F)(F)F. The predicted octanol–water partition coefficient (Wildman–Crippen LogP) is 2.90. The van der Waals surface area contributed by atoms with Gasteiger partial charge in [0.1, 0.15) is 0 Å². The average Bonchev–Trinajstić information content (AvgIpc) is 3.01. The lowest BCUT2D eigenvalue weighted by Crippen LogP contribution is -2.38. The quantitative estimate of drug-likeness (QED) is 0.829. The van der Waals surface area contributed by atoms with Gasteiger partial charge >= 0.3 is 6.18 Å². The molecule has 1 aromatic rings. The first-order chi connectivity index (χ1) is 11.3. The number of amides is 1. The zero-order valence-electron chi connectivity index (χ0n) is 13.5. The van der Waals surface area contributed by atoms with Crippen molar-refractivity contribution in [2.75, 3.05) is 32.7 Å². The second-order valence-electron chi connectivity index (χ2n) is 6.04. The van der Waals surface area contributed by atoms with Gasteiger partial charge in [-0.15, -0.1) is 0 Å². The summed E-state index contributed by atoms with van der Waals surface area (Å²) in [6.45, 7) is 2.48. The van der Waals surface area contributed by atoms with Crippen LogP contribution in [0.5, 0.6) is 0 Å². The van der Waals surface area contributed by atoms with Crippen molar-refractivity contribution in [3.63, 3.8) is 0 Å².